The molecule has 1 aromatic carbocycles. The smallest absolute Gasteiger partial charge is 0.132 e. The quantitative estimate of drug-likeness (QED) is 0.782. The van der Waals surface area contributed by atoms with E-state index >= 15 is 0 Å². The summed E-state index contributed by atoms with van der Waals surface area (Å²) >= 11 is 0. The van der Waals surface area contributed by atoms with Gasteiger partial charge in [0.1, 0.15) is 11.6 Å². The average molecular weight is 232 g/mol. The number of anilines is 1. The normalized spacial score (nSPS) is 18.6. The van der Waals surface area contributed by atoms with E-state index in [4.69, 9.17) is 5.73 Å². The second-order valence-corrected chi connectivity index (χ2v) is 4.24. The van der Waals surface area contributed by atoms with Crippen molar-refractivity contribution in [1.29, 1.82) is 0 Å². The van der Waals surface area contributed by atoms with Crippen molar-refractivity contribution in [2.45, 2.75) is 12.6 Å². The largest absolute Gasteiger partial charge is 0.368 e. The summed E-state index contributed by atoms with van der Waals surface area (Å²) in [4.78, 5) is 0. The van der Waals surface area contributed by atoms with Crippen LogP contribution in [0.2, 0.25) is 0 Å². The van der Waals surface area contributed by atoms with Gasteiger partial charge >= 0.3 is 0 Å². The summed E-state index contributed by atoms with van der Waals surface area (Å²) in [6.45, 7) is 1.45. The summed E-state index contributed by atoms with van der Waals surface area (Å²) in [6, 6.07) is 6.50. The fourth-order valence-corrected chi connectivity index (χ4v) is 2.07. The van der Waals surface area contributed by atoms with Crippen LogP contribution in [0.3, 0.4) is 0 Å². The molecule has 0 fully saturated rings. The third kappa shape index (κ3) is 1.78. The average Bonchev–Trinajstić information content (AvgIpc) is 2.73. The van der Waals surface area contributed by atoms with Gasteiger partial charge in [-0.3, -0.25) is 0 Å². The molecule has 1 unspecified atom stereocenters. The molecule has 0 saturated heterocycles. The summed E-state index contributed by atoms with van der Waals surface area (Å²) in [5, 5.41) is 7.54. The van der Waals surface area contributed by atoms with Crippen LogP contribution >= 0.6 is 0 Å². The number of hydrogen-bond acceptors (Lipinski definition) is 3. The Morgan fingerprint density at radius 2 is 2.12 bits per heavy atom. The van der Waals surface area contributed by atoms with E-state index in [1.165, 1.54) is 12.1 Å². The van der Waals surface area contributed by atoms with Crippen molar-refractivity contribution >= 4 is 5.82 Å². The Morgan fingerprint density at radius 1 is 1.35 bits per heavy atom. The highest BCUT2D eigenvalue weighted by molar-refractivity contribution is 5.75. The molecule has 0 radical (unpaired) electrons. The van der Waals surface area contributed by atoms with Gasteiger partial charge in [-0.1, -0.05) is 12.1 Å². The second-order valence-electron chi connectivity index (χ2n) is 4.24. The molecule has 2 aromatic rings. The second kappa shape index (κ2) is 3.85. The van der Waals surface area contributed by atoms with Gasteiger partial charge in [-0.05, 0) is 17.7 Å². The van der Waals surface area contributed by atoms with Gasteiger partial charge in [-0.2, -0.15) is 5.10 Å². The topological polar surface area (TPSA) is 55.9 Å². The fourth-order valence-electron chi connectivity index (χ4n) is 2.07. The molecule has 0 saturated carbocycles. The molecule has 0 spiro atoms. The Bertz CT molecular complexity index is 532. The van der Waals surface area contributed by atoms with E-state index in [0.717, 1.165) is 23.5 Å². The number of benzene rings is 1. The highest BCUT2D eigenvalue weighted by atomic mass is 19.1. The van der Waals surface area contributed by atoms with E-state index in [1.807, 2.05) is 4.68 Å². The molecule has 17 heavy (non-hydrogen) atoms. The van der Waals surface area contributed by atoms with Gasteiger partial charge in [0.25, 0.3) is 0 Å². The molecular weight excluding hydrogens is 219 g/mol. The van der Waals surface area contributed by atoms with Crippen molar-refractivity contribution in [3.63, 3.8) is 0 Å². The van der Waals surface area contributed by atoms with Crippen molar-refractivity contribution in [2.75, 3.05) is 11.9 Å². The molecule has 0 amide bonds. The lowest BCUT2D eigenvalue weighted by atomic mass is 10.1. The Morgan fingerprint density at radius 3 is 2.88 bits per heavy atom. The third-order valence-corrected chi connectivity index (χ3v) is 2.93. The van der Waals surface area contributed by atoms with Crippen molar-refractivity contribution < 1.29 is 4.39 Å². The number of fused-ring (bicyclic) bond motifs is 1. The van der Waals surface area contributed by atoms with Crippen LogP contribution in [0.1, 0.15) is 0 Å². The number of nitrogens with zero attached hydrogens (tertiary/aromatic N) is 2. The maximum Gasteiger partial charge on any atom is 0.132 e. The van der Waals surface area contributed by atoms with Crippen molar-refractivity contribution in [2.24, 2.45) is 5.73 Å². The van der Waals surface area contributed by atoms with Crippen LogP contribution in [0.15, 0.2) is 30.5 Å². The molecular formula is C12H13FN4. The SMILES string of the molecule is NC1CNc2c(-c3ccc(F)cc3)cnn2C1. The van der Waals surface area contributed by atoms with Crippen LogP contribution in [-0.2, 0) is 6.54 Å². The Kier molecular flexibility index (Phi) is 2.33. The summed E-state index contributed by atoms with van der Waals surface area (Å²) in [7, 11) is 0. The van der Waals surface area contributed by atoms with Gasteiger partial charge in [-0.15, -0.1) is 0 Å². The van der Waals surface area contributed by atoms with Crippen molar-refractivity contribution in [3.05, 3.63) is 36.3 Å². The highest BCUT2D eigenvalue weighted by Gasteiger charge is 2.19. The van der Waals surface area contributed by atoms with E-state index in [0.29, 0.717) is 6.54 Å². The van der Waals surface area contributed by atoms with Gasteiger partial charge in [-0.25, -0.2) is 9.07 Å². The number of nitrogens with two attached hydrogens (primary N) is 1. The monoisotopic (exact) mass is 232 g/mol. The zero-order valence-corrected chi connectivity index (χ0v) is 9.23. The molecule has 2 heterocycles. The first kappa shape index (κ1) is 10.3. The summed E-state index contributed by atoms with van der Waals surface area (Å²) in [5.74, 6) is 0.725. The van der Waals surface area contributed by atoms with Gasteiger partial charge in [0.15, 0.2) is 0 Å². The van der Waals surface area contributed by atoms with Crippen LogP contribution in [0.5, 0.6) is 0 Å². The lowest BCUT2D eigenvalue weighted by Crippen LogP contribution is -2.38. The molecule has 4 nitrogen and oxygen atoms in total. The summed E-state index contributed by atoms with van der Waals surface area (Å²) in [6.07, 6.45) is 1.79. The predicted octanol–water partition coefficient (Wildman–Crippen LogP) is 1.44. The molecule has 0 aliphatic carbocycles. The first-order chi connectivity index (χ1) is 8.24. The number of halogens is 1. The fraction of sp³-hybridized carbons (Fsp3) is 0.250. The molecule has 3 rings (SSSR count). The van der Waals surface area contributed by atoms with Gasteiger partial charge in [0.05, 0.1) is 12.7 Å². The Labute approximate surface area is 98.2 Å². The number of aromatic nitrogens is 2. The van der Waals surface area contributed by atoms with Crippen LogP contribution < -0.4 is 11.1 Å². The number of rotatable bonds is 1. The standard InChI is InChI=1S/C12H13FN4/c13-9-3-1-8(2-4-9)11-6-16-17-7-10(14)5-15-12(11)17/h1-4,6,10,15H,5,7,14H2. The van der Waals surface area contributed by atoms with Crippen molar-refractivity contribution in [1.82, 2.24) is 9.78 Å². The lowest BCUT2D eigenvalue weighted by Gasteiger charge is -2.22. The molecule has 1 aliphatic rings. The summed E-state index contributed by atoms with van der Waals surface area (Å²) < 4.78 is 14.7. The van der Waals surface area contributed by atoms with E-state index < -0.39 is 0 Å². The van der Waals surface area contributed by atoms with Gasteiger partial charge in [0, 0.05) is 18.2 Å². The molecule has 1 atom stereocenters. The van der Waals surface area contributed by atoms with E-state index in [-0.39, 0.29) is 11.9 Å². The maximum absolute atomic E-state index is 12.9. The molecule has 5 heteroatoms. The third-order valence-electron chi connectivity index (χ3n) is 2.93. The highest BCUT2D eigenvalue weighted by Crippen LogP contribution is 2.29. The van der Waals surface area contributed by atoms with Gasteiger partial charge in [0.2, 0.25) is 0 Å². The first-order valence-electron chi connectivity index (χ1n) is 5.55. The maximum atomic E-state index is 12.9. The minimum Gasteiger partial charge on any atom is -0.368 e. The van der Waals surface area contributed by atoms with Crippen LogP contribution in [0.4, 0.5) is 10.2 Å². The lowest BCUT2D eigenvalue weighted by molar-refractivity contribution is 0.502. The number of hydrogen-bond donors (Lipinski definition) is 2. The molecule has 88 valence electrons. The molecule has 0 bridgehead atoms. The summed E-state index contributed by atoms with van der Waals surface area (Å²) in [5.41, 5.74) is 7.78. The van der Waals surface area contributed by atoms with Crippen molar-refractivity contribution in [3.8, 4) is 11.1 Å². The number of nitrogens with one attached hydrogen (secondary N) is 1. The Hall–Kier alpha value is -1.88. The van der Waals surface area contributed by atoms with Crippen LogP contribution in [0, 0.1) is 5.82 Å². The zero-order chi connectivity index (χ0) is 11.8. The molecule has 3 N–H and O–H groups in total. The Balaban J connectivity index is 2.02. The van der Waals surface area contributed by atoms with Crippen LogP contribution in [-0.4, -0.2) is 22.4 Å². The minimum absolute atomic E-state index is 0.0865. The van der Waals surface area contributed by atoms with E-state index in [9.17, 15) is 4.39 Å². The predicted molar refractivity (Wildman–Crippen MR) is 64.1 cm³/mol. The first-order valence-corrected chi connectivity index (χ1v) is 5.55. The zero-order valence-electron chi connectivity index (χ0n) is 9.23. The van der Waals surface area contributed by atoms with Crippen LogP contribution in [0.25, 0.3) is 11.1 Å². The van der Waals surface area contributed by atoms with E-state index in [2.05, 4.69) is 10.4 Å². The van der Waals surface area contributed by atoms with Gasteiger partial charge < -0.3 is 11.1 Å². The molecule has 1 aliphatic heterocycles. The van der Waals surface area contributed by atoms with E-state index in [1.54, 1.807) is 18.3 Å². The minimum atomic E-state index is -0.232. The molecule has 1 aromatic heterocycles.